The normalized spacial score (nSPS) is 10.6. The molecule has 6 nitrogen and oxygen atoms in total. The van der Waals surface area contributed by atoms with Crippen LogP contribution in [0.1, 0.15) is 5.82 Å². The number of halogens is 1. The number of nitrogens with zero attached hydrogens (tertiary/aromatic N) is 3. The van der Waals surface area contributed by atoms with Crippen molar-refractivity contribution in [3.05, 3.63) is 54.2 Å². The molecule has 8 heteroatoms. The molecule has 0 saturated heterocycles. The van der Waals surface area contributed by atoms with E-state index in [2.05, 4.69) is 20.4 Å². The molecule has 0 fully saturated rings. The lowest BCUT2D eigenvalue weighted by Gasteiger charge is -2.05. The molecule has 0 aliphatic heterocycles. The molecule has 3 aromatic rings. The molecular formula is C16H13FN4O2S. The SMILES string of the molecule is Cc1noc(-c2ccc(SCC(=O)Nc3ccc(F)cc3)nc2)n1. The fourth-order valence-corrected chi connectivity index (χ4v) is 2.52. The second kappa shape index (κ2) is 7.22. The average Bonchev–Trinajstić information content (AvgIpc) is 3.02. The molecule has 1 N–H and O–H groups in total. The lowest BCUT2D eigenvalue weighted by molar-refractivity contribution is -0.113. The molecular weight excluding hydrogens is 331 g/mol. The fourth-order valence-electron chi connectivity index (χ4n) is 1.88. The Labute approximate surface area is 141 Å². The molecule has 24 heavy (non-hydrogen) atoms. The maximum absolute atomic E-state index is 12.8. The van der Waals surface area contributed by atoms with Crippen LogP contribution in [0.2, 0.25) is 0 Å². The molecule has 0 radical (unpaired) electrons. The van der Waals surface area contributed by atoms with Crippen molar-refractivity contribution in [1.29, 1.82) is 0 Å². The Morgan fingerprint density at radius 3 is 2.67 bits per heavy atom. The summed E-state index contributed by atoms with van der Waals surface area (Å²) in [5.74, 6) is 0.628. The number of hydrogen-bond acceptors (Lipinski definition) is 6. The third-order valence-corrected chi connectivity index (χ3v) is 3.93. The number of aryl methyl sites for hydroxylation is 1. The van der Waals surface area contributed by atoms with Gasteiger partial charge in [-0.25, -0.2) is 9.37 Å². The molecule has 1 aromatic carbocycles. The van der Waals surface area contributed by atoms with Crippen molar-refractivity contribution in [2.45, 2.75) is 11.9 Å². The van der Waals surface area contributed by atoms with Gasteiger partial charge in [-0.15, -0.1) is 0 Å². The van der Waals surface area contributed by atoms with Crippen LogP contribution in [0.4, 0.5) is 10.1 Å². The van der Waals surface area contributed by atoms with Crippen LogP contribution in [0.3, 0.4) is 0 Å². The quantitative estimate of drug-likeness (QED) is 0.715. The average molecular weight is 344 g/mol. The van der Waals surface area contributed by atoms with E-state index < -0.39 is 0 Å². The number of thioether (sulfide) groups is 1. The minimum atomic E-state index is -0.344. The largest absolute Gasteiger partial charge is 0.334 e. The van der Waals surface area contributed by atoms with Gasteiger partial charge in [0.2, 0.25) is 5.91 Å². The van der Waals surface area contributed by atoms with Crippen LogP contribution in [0.5, 0.6) is 0 Å². The van der Waals surface area contributed by atoms with Crippen molar-refractivity contribution in [2.24, 2.45) is 0 Å². The van der Waals surface area contributed by atoms with Crippen LogP contribution in [-0.4, -0.2) is 26.8 Å². The molecule has 0 saturated carbocycles. The number of hydrogen-bond donors (Lipinski definition) is 1. The van der Waals surface area contributed by atoms with Crippen LogP contribution < -0.4 is 5.32 Å². The molecule has 0 aliphatic carbocycles. The summed E-state index contributed by atoms with van der Waals surface area (Å²) in [6.07, 6.45) is 1.62. The van der Waals surface area contributed by atoms with Gasteiger partial charge in [0, 0.05) is 11.9 Å². The summed E-state index contributed by atoms with van der Waals surface area (Å²) in [6, 6.07) is 9.20. The fraction of sp³-hybridized carbons (Fsp3) is 0.125. The summed E-state index contributed by atoms with van der Waals surface area (Å²) in [5.41, 5.74) is 1.27. The molecule has 2 aromatic heterocycles. The molecule has 0 spiro atoms. The Hall–Kier alpha value is -2.74. The number of aromatic nitrogens is 3. The Morgan fingerprint density at radius 2 is 2.04 bits per heavy atom. The van der Waals surface area contributed by atoms with E-state index in [0.29, 0.717) is 22.4 Å². The van der Waals surface area contributed by atoms with Gasteiger partial charge in [-0.2, -0.15) is 4.98 Å². The van der Waals surface area contributed by atoms with Gasteiger partial charge >= 0.3 is 0 Å². The van der Waals surface area contributed by atoms with Gasteiger partial charge in [0.05, 0.1) is 16.3 Å². The van der Waals surface area contributed by atoms with Gasteiger partial charge in [-0.1, -0.05) is 16.9 Å². The van der Waals surface area contributed by atoms with Crippen molar-refractivity contribution < 1.29 is 13.7 Å². The van der Waals surface area contributed by atoms with E-state index in [1.54, 1.807) is 25.3 Å². The van der Waals surface area contributed by atoms with Gasteiger partial charge in [0.25, 0.3) is 5.89 Å². The van der Waals surface area contributed by atoms with E-state index in [9.17, 15) is 9.18 Å². The van der Waals surface area contributed by atoms with Crippen LogP contribution in [0, 0.1) is 12.7 Å². The lowest BCUT2D eigenvalue weighted by atomic mass is 10.3. The van der Waals surface area contributed by atoms with Crippen molar-refractivity contribution in [3.63, 3.8) is 0 Å². The Morgan fingerprint density at radius 1 is 1.25 bits per heavy atom. The Bertz CT molecular complexity index is 834. The summed E-state index contributed by atoms with van der Waals surface area (Å²) in [4.78, 5) is 20.3. The number of pyridine rings is 1. The number of carbonyl (C=O) groups is 1. The first-order valence-corrected chi connectivity index (χ1v) is 8.04. The van der Waals surface area contributed by atoms with Crippen LogP contribution in [-0.2, 0) is 4.79 Å². The molecule has 0 unspecified atom stereocenters. The van der Waals surface area contributed by atoms with E-state index >= 15 is 0 Å². The number of amides is 1. The highest BCUT2D eigenvalue weighted by atomic mass is 32.2. The molecule has 122 valence electrons. The van der Waals surface area contributed by atoms with Crippen LogP contribution >= 0.6 is 11.8 Å². The van der Waals surface area contributed by atoms with Gasteiger partial charge in [0.15, 0.2) is 5.82 Å². The second-order valence-corrected chi connectivity index (χ2v) is 5.87. The topological polar surface area (TPSA) is 80.9 Å². The van der Waals surface area contributed by atoms with Crippen LogP contribution in [0.15, 0.2) is 52.1 Å². The third-order valence-electron chi connectivity index (χ3n) is 2.99. The van der Waals surface area contributed by atoms with Crippen LogP contribution in [0.25, 0.3) is 11.5 Å². The van der Waals surface area contributed by atoms with Gasteiger partial charge in [-0.05, 0) is 43.3 Å². The zero-order valence-corrected chi connectivity index (χ0v) is 13.5. The predicted molar refractivity (Wildman–Crippen MR) is 88.0 cm³/mol. The number of nitrogens with one attached hydrogen (secondary N) is 1. The Balaban J connectivity index is 1.54. The number of rotatable bonds is 5. The highest BCUT2D eigenvalue weighted by Crippen LogP contribution is 2.21. The minimum absolute atomic E-state index is 0.190. The molecule has 0 bridgehead atoms. The maximum Gasteiger partial charge on any atom is 0.259 e. The van der Waals surface area contributed by atoms with E-state index in [0.717, 1.165) is 5.56 Å². The summed E-state index contributed by atoms with van der Waals surface area (Å²) in [6.45, 7) is 1.74. The predicted octanol–water partition coefficient (Wildman–Crippen LogP) is 3.31. The molecule has 1 amide bonds. The van der Waals surface area contributed by atoms with E-state index in [1.807, 2.05) is 0 Å². The van der Waals surface area contributed by atoms with Gasteiger partial charge in [-0.3, -0.25) is 4.79 Å². The van der Waals surface area contributed by atoms with Crippen molar-refractivity contribution in [1.82, 2.24) is 15.1 Å². The highest BCUT2D eigenvalue weighted by molar-refractivity contribution is 7.99. The zero-order valence-electron chi connectivity index (χ0n) is 12.7. The standard InChI is InChI=1S/C16H13FN4O2S/c1-10-19-16(23-21-10)11-2-7-15(18-8-11)24-9-14(22)20-13-5-3-12(17)4-6-13/h2-8H,9H2,1H3,(H,20,22). The van der Waals surface area contributed by atoms with E-state index in [1.165, 1.54) is 36.0 Å². The van der Waals surface area contributed by atoms with E-state index in [4.69, 9.17) is 4.52 Å². The number of carbonyl (C=O) groups excluding carboxylic acids is 1. The third kappa shape index (κ3) is 4.17. The van der Waals surface area contributed by atoms with Crippen molar-refractivity contribution in [2.75, 3.05) is 11.1 Å². The lowest BCUT2D eigenvalue weighted by Crippen LogP contribution is -2.14. The smallest absolute Gasteiger partial charge is 0.259 e. The van der Waals surface area contributed by atoms with Gasteiger partial charge in [0.1, 0.15) is 5.82 Å². The highest BCUT2D eigenvalue weighted by Gasteiger charge is 2.08. The maximum atomic E-state index is 12.8. The number of benzene rings is 1. The monoisotopic (exact) mass is 344 g/mol. The summed E-state index contributed by atoms with van der Waals surface area (Å²) >= 11 is 1.30. The molecule has 2 heterocycles. The Kier molecular flexibility index (Phi) is 4.85. The summed E-state index contributed by atoms with van der Waals surface area (Å²) in [7, 11) is 0. The summed E-state index contributed by atoms with van der Waals surface area (Å²) in [5, 5.41) is 7.12. The van der Waals surface area contributed by atoms with Crippen molar-refractivity contribution >= 4 is 23.4 Å². The molecule has 3 rings (SSSR count). The zero-order chi connectivity index (χ0) is 16.9. The van der Waals surface area contributed by atoms with E-state index in [-0.39, 0.29) is 17.5 Å². The second-order valence-electron chi connectivity index (χ2n) is 4.88. The molecule has 0 atom stereocenters. The number of anilines is 1. The first kappa shape index (κ1) is 16.1. The van der Waals surface area contributed by atoms with Crippen molar-refractivity contribution in [3.8, 4) is 11.5 Å². The molecule has 0 aliphatic rings. The summed E-state index contributed by atoms with van der Waals surface area (Å²) < 4.78 is 17.9. The first-order valence-electron chi connectivity index (χ1n) is 7.05. The van der Waals surface area contributed by atoms with Gasteiger partial charge < -0.3 is 9.84 Å². The minimum Gasteiger partial charge on any atom is -0.334 e. The first-order chi connectivity index (χ1) is 11.6.